The Morgan fingerprint density at radius 2 is 1.75 bits per heavy atom. The quantitative estimate of drug-likeness (QED) is 0.386. The molecule has 2 aliphatic carbocycles. The molecule has 1 atom stereocenters. The number of fused-ring (bicyclic) bond motifs is 1. The van der Waals surface area contributed by atoms with E-state index in [0.29, 0.717) is 17.7 Å². The van der Waals surface area contributed by atoms with Crippen molar-refractivity contribution in [2.45, 2.75) is 80.4 Å². The number of alkyl halides is 7. The average Bonchev–Trinajstić information content (AvgIpc) is 2.69. The number of nitrogens with zero attached hydrogens (tertiary/aromatic N) is 2. The van der Waals surface area contributed by atoms with Crippen LogP contribution in [0.2, 0.25) is 0 Å². The zero-order valence-electron chi connectivity index (χ0n) is 17.7. The normalized spacial score (nSPS) is 25.8. The van der Waals surface area contributed by atoms with Crippen LogP contribution in [0.15, 0.2) is 17.0 Å². The maximum Gasteiger partial charge on any atom is 0.420 e. The summed E-state index contributed by atoms with van der Waals surface area (Å²) in [5.41, 5.74) is -1.41. The van der Waals surface area contributed by atoms with Gasteiger partial charge in [0.25, 0.3) is 0 Å². The highest BCUT2D eigenvalue weighted by Crippen LogP contribution is 2.64. The molecule has 0 bridgehead atoms. The Labute approximate surface area is 186 Å². The van der Waals surface area contributed by atoms with Gasteiger partial charge in [-0.2, -0.15) is 13.2 Å². The van der Waals surface area contributed by atoms with Crippen molar-refractivity contribution >= 4 is 17.6 Å². The van der Waals surface area contributed by atoms with Gasteiger partial charge in [0, 0.05) is 37.9 Å². The van der Waals surface area contributed by atoms with Gasteiger partial charge in [-0.05, 0) is 62.7 Å². The molecule has 0 unspecified atom stereocenters. The number of aromatic hydroxyl groups is 1. The highest BCUT2D eigenvalue weighted by Gasteiger charge is 2.63. The van der Waals surface area contributed by atoms with Gasteiger partial charge in [0.2, 0.25) is 11.8 Å². The smallest absolute Gasteiger partial charge is 0.420 e. The Kier molecular flexibility index (Phi) is 5.63. The van der Waals surface area contributed by atoms with Crippen LogP contribution in [0.1, 0.15) is 51.0 Å². The SMILES string of the molecule is CN1Sc2cc(O)c(C(F)(F)F)cc2N(C2CC3(C2)CC(F)(F)C3)C[C@H]1CCC(C)(F)F. The Hall–Kier alpha value is -1.36. The van der Waals surface area contributed by atoms with E-state index in [2.05, 4.69) is 0 Å². The first kappa shape index (κ1) is 23.8. The molecule has 2 saturated carbocycles. The van der Waals surface area contributed by atoms with E-state index in [1.54, 1.807) is 16.3 Å². The number of anilines is 1. The van der Waals surface area contributed by atoms with Gasteiger partial charge in [0.15, 0.2) is 0 Å². The molecule has 32 heavy (non-hydrogen) atoms. The molecule has 3 aliphatic rings. The van der Waals surface area contributed by atoms with E-state index in [0.717, 1.165) is 31.0 Å². The molecule has 1 aliphatic heterocycles. The van der Waals surface area contributed by atoms with E-state index >= 15 is 0 Å². The van der Waals surface area contributed by atoms with Crippen molar-refractivity contribution < 1.29 is 35.8 Å². The first-order valence-electron chi connectivity index (χ1n) is 10.4. The molecule has 0 aromatic heterocycles. The summed E-state index contributed by atoms with van der Waals surface area (Å²) in [6.45, 7) is 1.02. The molecule has 0 saturated heterocycles. The monoisotopic (exact) mass is 486 g/mol. The summed E-state index contributed by atoms with van der Waals surface area (Å²) in [5, 5.41) is 9.99. The maximum absolute atomic E-state index is 13.5. The molecule has 0 radical (unpaired) electrons. The van der Waals surface area contributed by atoms with Gasteiger partial charge in [0.05, 0.1) is 16.1 Å². The van der Waals surface area contributed by atoms with E-state index in [9.17, 15) is 35.8 Å². The molecule has 11 heteroatoms. The van der Waals surface area contributed by atoms with Gasteiger partial charge in [0.1, 0.15) is 5.75 Å². The fraction of sp³-hybridized carbons (Fsp3) is 0.714. The van der Waals surface area contributed by atoms with Crippen LogP contribution in [0.4, 0.5) is 36.4 Å². The van der Waals surface area contributed by atoms with Crippen LogP contribution in [0, 0.1) is 5.41 Å². The lowest BCUT2D eigenvalue weighted by molar-refractivity contribution is -0.195. The number of phenols is 1. The second-order valence-electron chi connectivity index (χ2n) is 9.66. The lowest BCUT2D eigenvalue weighted by Crippen LogP contribution is -2.61. The Morgan fingerprint density at radius 1 is 1.12 bits per heavy atom. The van der Waals surface area contributed by atoms with Gasteiger partial charge in [-0.3, -0.25) is 0 Å². The second kappa shape index (κ2) is 7.58. The molecule has 1 heterocycles. The van der Waals surface area contributed by atoms with Gasteiger partial charge < -0.3 is 10.0 Å². The van der Waals surface area contributed by atoms with Crippen LogP contribution >= 0.6 is 11.9 Å². The summed E-state index contributed by atoms with van der Waals surface area (Å²) in [5.74, 6) is -6.48. The zero-order valence-corrected chi connectivity index (χ0v) is 18.5. The Morgan fingerprint density at radius 3 is 2.28 bits per heavy atom. The summed E-state index contributed by atoms with van der Waals surface area (Å²) in [7, 11) is 1.68. The molecule has 1 aromatic rings. The fourth-order valence-electron chi connectivity index (χ4n) is 5.29. The number of benzene rings is 1. The lowest BCUT2D eigenvalue weighted by Gasteiger charge is -2.60. The number of hydrogen-bond donors (Lipinski definition) is 1. The van der Waals surface area contributed by atoms with Crippen molar-refractivity contribution in [1.82, 2.24) is 4.31 Å². The second-order valence-corrected chi connectivity index (χ2v) is 10.9. The first-order chi connectivity index (χ1) is 14.6. The van der Waals surface area contributed by atoms with Gasteiger partial charge in [-0.25, -0.2) is 21.9 Å². The molecular formula is C21H25F7N2OS. The lowest BCUT2D eigenvalue weighted by atomic mass is 9.52. The minimum Gasteiger partial charge on any atom is -0.507 e. The predicted molar refractivity (Wildman–Crippen MR) is 107 cm³/mol. The number of phenolic OH excluding ortho intramolecular Hbond substituents is 1. The van der Waals surface area contributed by atoms with Crippen molar-refractivity contribution in [3.8, 4) is 5.75 Å². The highest BCUT2D eigenvalue weighted by atomic mass is 32.2. The Balaban J connectivity index is 1.65. The van der Waals surface area contributed by atoms with Crippen molar-refractivity contribution in [2.24, 2.45) is 5.41 Å². The van der Waals surface area contributed by atoms with E-state index in [-0.39, 0.29) is 44.0 Å². The standard InChI is InChI=1S/C21H25F7N2OS/c1-18(22,23)4-3-12-9-30(13-7-19(8-13)10-20(24,25)11-19)15-5-14(21(26,27)28)16(31)6-17(15)32-29(12)2/h5-6,12-13,31H,3-4,7-11H2,1-2H3/t12-/m1/s1. The van der Waals surface area contributed by atoms with Crippen molar-refractivity contribution in [2.75, 3.05) is 18.5 Å². The van der Waals surface area contributed by atoms with Crippen LogP contribution in [-0.4, -0.2) is 46.9 Å². The van der Waals surface area contributed by atoms with Gasteiger partial charge in [-0.15, -0.1) is 0 Å². The van der Waals surface area contributed by atoms with Crippen LogP contribution in [-0.2, 0) is 6.18 Å². The van der Waals surface area contributed by atoms with Gasteiger partial charge >= 0.3 is 6.18 Å². The zero-order chi connectivity index (χ0) is 23.7. The Bertz CT molecular complexity index is 870. The summed E-state index contributed by atoms with van der Waals surface area (Å²) in [6, 6.07) is 1.29. The number of halogens is 7. The molecule has 1 N–H and O–H groups in total. The van der Waals surface area contributed by atoms with E-state index in [1.807, 2.05) is 0 Å². The topological polar surface area (TPSA) is 26.7 Å². The third kappa shape index (κ3) is 4.64. The van der Waals surface area contributed by atoms with E-state index < -0.39 is 40.8 Å². The minimum atomic E-state index is -4.77. The van der Waals surface area contributed by atoms with Gasteiger partial charge in [-0.1, -0.05) is 0 Å². The molecule has 4 rings (SSSR count). The number of rotatable bonds is 4. The predicted octanol–water partition coefficient (Wildman–Crippen LogP) is 6.55. The maximum atomic E-state index is 13.5. The van der Waals surface area contributed by atoms with Crippen LogP contribution in [0.5, 0.6) is 5.75 Å². The largest absolute Gasteiger partial charge is 0.507 e. The van der Waals surface area contributed by atoms with E-state index in [4.69, 9.17) is 0 Å². The third-order valence-corrected chi connectivity index (χ3v) is 7.93. The van der Waals surface area contributed by atoms with Crippen LogP contribution in [0.25, 0.3) is 0 Å². The van der Waals surface area contributed by atoms with Crippen molar-refractivity contribution in [1.29, 1.82) is 0 Å². The van der Waals surface area contributed by atoms with Crippen LogP contribution < -0.4 is 4.90 Å². The van der Waals surface area contributed by atoms with Crippen molar-refractivity contribution in [3.63, 3.8) is 0 Å². The number of hydrogen-bond acceptors (Lipinski definition) is 4. The summed E-state index contributed by atoms with van der Waals surface area (Å²) in [6.07, 6.45) is -4.63. The molecule has 2 fully saturated rings. The third-order valence-electron chi connectivity index (χ3n) is 6.82. The van der Waals surface area contributed by atoms with Crippen LogP contribution in [0.3, 0.4) is 0 Å². The van der Waals surface area contributed by atoms with E-state index in [1.165, 1.54) is 0 Å². The summed E-state index contributed by atoms with van der Waals surface area (Å²) in [4.78, 5) is 2.13. The number of likely N-dealkylation sites (N-methyl/N-ethyl adjacent to an activating group) is 1. The molecule has 1 spiro atoms. The molecule has 0 amide bonds. The van der Waals surface area contributed by atoms with Crippen molar-refractivity contribution in [3.05, 3.63) is 17.7 Å². The fourth-order valence-corrected chi connectivity index (χ4v) is 6.35. The highest BCUT2D eigenvalue weighted by molar-refractivity contribution is 7.97. The molecule has 3 nitrogen and oxygen atoms in total. The molecule has 1 aromatic carbocycles. The average molecular weight is 486 g/mol. The first-order valence-corrected chi connectivity index (χ1v) is 11.2. The molecule has 180 valence electrons. The summed E-state index contributed by atoms with van der Waals surface area (Å²) < 4.78 is 96.0. The minimum absolute atomic E-state index is 0.117. The summed E-state index contributed by atoms with van der Waals surface area (Å²) >= 11 is 1.10. The molecular weight excluding hydrogens is 461 g/mol.